The summed E-state index contributed by atoms with van der Waals surface area (Å²) in [5.41, 5.74) is -4.62. The third-order valence-electron chi connectivity index (χ3n) is 11.1. The van der Waals surface area contributed by atoms with Crippen molar-refractivity contribution in [3.05, 3.63) is 42.4 Å². The number of pyridine rings is 1. The number of benzene rings is 1. The van der Waals surface area contributed by atoms with Gasteiger partial charge >= 0.3 is 12.3 Å². The molecule has 1 aromatic heterocycles. The zero-order chi connectivity index (χ0) is 42.2. The number of ether oxygens (including phenoxy) is 4. The normalized spacial score (nSPS) is 27.6. The molecule has 58 heavy (non-hydrogen) atoms. The number of alkyl halides is 3. The molecule has 0 bridgehead atoms. The second-order valence-corrected chi connectivity index (χ2v) is 17.7. The average Bonchev–Trinajstić information content (AvgIpc) is 4.07. The predicted molar refractivity (Wildman–Crippen MR) is 198 cm³/mol. The minimum absolute atomic E-state index is 0.0314. The van der Waals surface area contributed by atoms with Crippen LogP contribution in [0.4, 0.5) is 22.4 Å². The molecule has 2 aromatic rings. The van der Waals surface area contributed by atoms with Crippen LogP contribution in [-0.2, 0) is 33.9 Å². The number of halogens is 4. The van der Waals surface area contributed by atoms with Crippen molar-refractivity contribution in [3.63, 3.8) is 0 Å². The lowest BCUT2D eigenvalue weighted by Gasteiger charge is -2.34. The fraction of sp³-hybridized carbons (Fsp3) is 0.605. The van der Waals surface area contributed by atoms with Gasteiger partial charge in [0.2, 0.25) is 33.3 Å². The van der Waals surface area contributed by atoms with Gasteiger partial charge in [0.25, 0.3) is 5.91 Å². The van der Waals surface area contributed by atoms with E-state index in [1.165, 1.54) is 26.5 Å². The molecule has 4 aliphatic rings. The summed E-state index contributed by atoms with van der Waals surface area (Å²) in [6.45, 7) is 0.872. The summed E-state index contributed by atoms with van der Waals surface area (Å²) in [5.74, 6) is -4.84. The van der Waals surface area contributed by atoms with Gasteiger partial charge < -0.3 is 34.5 Å². The Morgan fingerprint density at radius 2 is 1.84 bits per heavy atom. The molecule has 4 amide bonds. The highest BCUT2D eigenvalue weighted by molar-refractivity contribution is 7.91. The Balaban J connectivity index is 1.36. The van der Waals surface area contributed by atoms with E-state index in [4.69, 9.17) is 18.9 Å². The van der Waals surface area contributed by atoms with Crippen LogP contribution in [0, 0.1) is 17.7 Å². The summed E-state index contributed by atoms with van der Waals surface area (Å²) in [7, 11) is -1.35. The number of nitrogens with zero attached hydrogens (tertiary/aromatic N) is 2. The molecule has 1 aromatic carbocycles. The van der Waals surface area contributed by atoms with E-state index in [0.717, 1.165) is 11.0 Å². The van der Waals surface area contributed by atoms with Gasteiger partial charge in [-0.15, -0.1) is 0 Å². The van der Waals surface area contributed by atoms with Crippen LogP contribution in [-0.4, -0.2) is 110 Å². The summed E-state index contributed by atoms with van der Waals surface area (Å²) >= 11 is 0. The van der Waals surface area contributed by atoms with E-state index in [1.54, 1.807) is 12.1 Å². The van der Waals surface area contributed by atoms with E-state index in [2.05, 4.69) is 20.3 Å². The van der Waals surface area contributed by atoms with Gasteiger partial charge in [0, 0.05) is 36.9 Å². The number of methoxy groups -OCH3 is 2. The second kappa shape index (κ2) is 16.5. The van der Waals surface area contributed by atoms with Gasteiger partial charge in [-0.1, -0.05) is 18.6 Å². The topological polar surface area (TPSA) is 192 Å². The molecule has 2 aliphatic heterocycles. The Morgan fingerprint density at radius 3 is 2.52 bits per heavy atom. The molecule has 3 N–H and O–H groups in total. The van der Waals surface area contributed by atoms with Gasteiger partial charge in [-0.25, -0.2) is 22.6 Å². The monoisotopic (exact) mass is 841 g/mol. The van der Waals surface area contributed by atoms with Crippen LogP contribution in [0.1, 0.15) is 65.2 Å². The third kappa shape index (κ3) is 9.11. The first kappa shape index (κ1) is 42.9. The molecular formula is C38H47F4N5O10S. The number of nitrogens with one attached hydrogen (secondary N) is 3. The van der Waals surface area contributed by atoms with Crippen molar-refractivity contribution in [2.75, 3.05) is 27.4 Å². The summed E-state index contributed by atoms with van der Waals surface area (Å²) in [6.07, 6.45) is -0.130. The second-order valence-electron chi connectivity index (χ2n) is 15.7. The fourth-order valence-electron chi connectivity index (χ4n) is 7.39. The number of rotatable bonds is 10. The lowest BCUT2D eigenvalue weighted by Crippen LogP contribution is -2.60. The van der Waals surface area contributed by atoms with Crippen molar-refractivity contribution in [2.24, 2.45) is 11.8 Å². The summed E-state index contributed by atoms with van der Waals surface area (Å²) < 4.78 is 105. The minimum atomic E-state index is -4.96. The van der Waals surface area contributed by atoms with Crippen LogP contribution in [0.2, 0.25) is 0 Å². The van der Waals surface area contributed by atoms with Crippen LogP contribution in [0.15, 0.2) is 36.5 Å². The van der Waals surface area contributed by atoms with Gasteiger partial charge in [0.05, 0.1) is 25.5 Å². The molecule has 3 fully saturated rings. The highest BCUT2D eigenvalue weighted by Gasteiger charge is 2.62. The molecule has 0 radical (unpaired) electrons. The molecular weight excluding hydrogens is 795 g/mol. The SMILES string of the molecule is COC[C@@H]1CCCC/C=C\[C@H]2C[C@]2(C(=O)NS(=O)(=O)C2CC2)NC(=O)[C@@H]2C[C@@H](Oc3nccc4cc(OC)c(F)cc34)CN2C(=O)[C@H]1NC(=O)OC(C)(C)C(F)(F)F. The maximum atomic E-state index is 14.9. The minimum Gasteiger partial charge on any atom is -0.494 e. The average molecular weight is 842 g/mol. The van der Waals surface area contributed by atoms with Crippen molar-refractivity contribution < 1.29 is 64.1 Å². The standard InChI is InChI=1S/C38H47F4N5O10S/c1-36(2,38(40,41)42)57-35(51)44-30-22(20-54-3)9-7-5-6-8-10-23-18-37(23,34(50)46-58(52,53)25-11-12-25)45-31(48)28-16-24(19-47(28)33(30)49)56-32-26-17-27(39)29(55-4)15-21(26)13-14-43-32/h8,10,13-15,17,22-25,28,30H,5-7,9,11-12,16,18-20H2,1-4H3,(H,44,51)(H,45,48)(H,46,50)/b10-8-/t22-,23-,24+,28-,30-,37-/m0/s1. The summed E-state index contributed by atoms with van der Waals surface area (Å²) in [4.78, 5) is 61.5. The number of hydrogen-bond donors (Lipinski definition) is 3. The van der Waals surface area contributed by atoms with Crippen LogP contribution in [0.25, 0.3) is 10.8 Å². The molecule has 0 unspecified atom stereocenters. The Bertz CT molecular complexity index is 2060. The number of carbonyl (C=O) groups excluding carboxylic acids is 4. The van der Waals surface area contributed by atoms with Crippen LogP contribution in [0.5, 0.6) is 11.6 Å². The highest BCUT2D eigenvalue weighted by Crippen LogP contribution is 2.46. The Kier molecular flexibility index (Phi) is 12.2. The number of amides is 4. The Labute approximate surface area is 332 Å². The van der Waals surface area contributed by atoms with Crippen molar-refractivity contribution in [3.8, 4) is 11.6 Å². The van der Waals surface area contributed by atoms with E-state index in [9.17, 15) is 45.2 Å². The van der Waals surface area contributed by atoms with Gasteiger partial charge in [-0.3, -0.25) is 19.1 Å². The molecule has 6 atom stereocenters. The number of carbonyl (C=O) groups is 4. The molecule has 2 aliphatic carbocycles. The summed E-state index contributed by atoms with van der Waals surface area (Å²) in [5, 5.41) is 5.07. The predicted octanol–water partition coefficient (Wildman–Crippen LogP) is 4.04. The van der Waals surface area contributed by atoms with Crippen molar-refractivity contribution in [1.82, 2.24) is 25.2 Å². The maximum Gasteiger partial charge on any atom is 0.427 e. The molecule has 1 saturated heterocycles. The van der Waals surface area contributed by atoms with Crippen molar-refractivity contribution in [2.45, 2.75) is 106 Å². The smallest absolute Gasteiger partial charge is 0.427 e. The quantitative estimate of drug-likeness (QED) is 0.231. The first-order chi connectivity index (χ1) is 27.3. The van der Waals surface area contributed by atoms with Gasteiger partial charge in [0.15, 0.2) is 11.6 Å². The first-order valence-corrected chi connectivity index (χ1v) is 20.5. The number of aromatic nitrogens is 1. The Morgan fingerprint density at radius 1 is 1.10 bits per heavy atom. The summed E-state index contributed by atoms with van der Waals surface area (Å²) in [6, 6.07) is 1.20. The van der Waals surface area contributed by atoms with E-state index < -0.39 is 92.2 Å². The Hall–Kier alpha value is -4.72. The van der Waals surface area contributed by atoms with Gasteiger partial charge in [0.1, 0.15) is 23.7 Å². The molecule has 20 heteroatoms. The third-order valence-corrected chi connectivity index (χ3v) is 12.9. The zero-order valence-corrected chi connectivity index (χ0v) is 33.2. The van der Waals surface area contributed by atoms with E-state index in [-0.39, 0.29) is 49.4 Å². The van der Waals surface area contributed by atoms with E-state index in [0.29, 0.717) is 51.3 Å². The number of sulfonamides is 1. The largest absolute Gasteiger partial charge is 0.494 e. The zero-order valence-electron chi connectivity index (χ0n) is 32.4. The number of allylic oxidation sites excluding steroid dienone is 1. The lowest BCUT2D eigenvalue weighted by molar-refractivity contribution is -0.244. The highest BCUT2D eigenvalue weighted by atomic mass is 32.2. The maximum absolute atomic E-state index is 14.9. The molecule has 318 valence electrons. The molecule has 15 nitrogen and oxygen atoms in total. The fourth-order valence-corrected chi connectivity index (χ4v) is 8.76. The first-order valence-electron chi connectivity index (χ1n) is 19.0. The number of fused-ring (bicyclic) bond motifs is 3. The van der Waals surface area contributed by atoms with E-state index >= 15 is 0 Å². The molecule has 6 rings (SSSR count). The molecule has 3 heterocycles. The number of hydrogen-bond acceptors (Lipinski definition) is 11. The van der Waals surface area contributed by atoms with E-state index in [1.807, 2.05) is 6.08 Å². The molecule has 2 saturated carbocycles. The van der Waals surface area contributed by atoms with Gasteiger partial charge in [-0.05, 0) is 76.0 Å². The molecule has 0 spiro atoms. The van der Waals surface area contributed by atoms with Crippen molar-refractivity contribution >= 4 is 44.6 Å². The number of alkyl carbamates (subject to hydrolysis) is 1. The van der Waals surface area contributed by atoms with Crippen LogP contribution >= 0.6 is 0 Å². The van der Waals surface area contributed by atoms with Crippen molar-refractivity contribution in [1.29, 1.82) is 0 Å². The lowest BCUT2D eigenvalue weighted by atomic mass is 9.92. The van der Waals surface area contributed by atoms with Crippen LogP contribution in [0.3, 0.4) is 0 Å². The van der Waals surface area contributed by atoms with Gasteiger partial charge in [-0.2, -0.15) is 13.2 Å². The van der Waals surface area contributed by atoms with Crippen LogP contribution < -0.4 is 24.8 Å².